The van der Waals surface area contributed by atoms with Crippen molar-refractivity contribution in [2.45, 2.75) is 6.43 Å². The molecule has 1 aromatic heterocycles. The molecule has 1 aromatic rings. The molecule has 1 heterocycles. The van der Waals surface area contributed by atoms with Crippen molar-refractivity contribution in [3.63, 3.8) is 0 Å². The van der Waals surface area contributed by atoms with Gasteiger partial charge in [0.15, 0.2) is 0 Å². The number of alkyl halides is 2. The molecule has 0 atom stereocenters. The summed E-state index contributed by atoms with van der Waals surface area (Å²) in [6.45, 7) is 0. The Morgan fingerprint density at radius 1 is 1.62 bits per heavy atom. The first-order chi connectivity index (χ1) is 7.34. The SMILES string of the molecule is Nc1nc([N+](=O)[O-])cc(C(=O)O)c1C(F)F. The summed E-state index contributed by atoms with van der Waals surface area (Å²) >= 11 is 0. The van der Waals surface area contributed by atoms with Gasteiger partial charge in [0.2, 0.25) is 5.82 Å². The van der Waals surface area contributed by atoms with Crippen LogP contribution in [0.1, 0.15) is 22.3 Å². The van der Waals surface area contributed by atoms with Crippen molar-refractivity contribution in [3.8, 4) is 0 Å². The first-order valence-electron chi connectivity index (χ1n) is 3.80. The Labute approximate surface area is 86.7 Å². The molecule has 0 fully saturated rings. The van der Waals surface area contributed by atoms with Gasteiger partial charge in [-0.15, -0.1) is 0 Å². The van der Waals surface area contributed by atoms with Gasteiger partial charge < -0.3 is 21.0 Å². The summed E-state index contributed by atoms with van der Waals surface area (Å²) in [5.74, 6) is -3.48. The molecule has 0 aliphatic carbocycles. The molecule has 3 N–H and O–H groups in total. The van der Waals surface area contributed by atoms with Crippen LogP contribution in [0.4, 0.5) is 20.4 Å². The summed E-state index contributed by atoms with van der Waals surface area (Å²) < 4.78 is 24.9. The molecular formula is C7H5F2N3O4. The van der Waals surface area contributed by atoms with E-state index in [0.29, 0.717) is 6.07 Å². The van der Waals surface area contributed by atoms with Crippen LogP contribution in [-0.4, -0.2) is 21.0 Å². The number of carbonyl (C=O) groups is 1. The number of nitrogens with zero attached hydrogens (tertiary/aromatic N) is 2. The zero-order chi connectivity index (χ0) is 12.5. The van der Waals surface area contributed by atoms with E-state index in [1.165, 1.54) is 0 Å². The van der Waals surface area contributed by atoms with Crippen LogP contribution in [0.15, 0.2) is 6.07 Å². The molecule has 9 heteroatoms. The Bertz CT molecular complexity index is 463. The predicted octanol–water partition coefficient (Wildman–Crippen LogP) is 1.21. The molecule has 0 saturated carbocycles. The van der Waals surface area contributed by atoms with Crippen LogP contribution in [0.3, 0.4) is 0 Å². The van der Waals surface area contributed by atoms with Crippen LogP contribution < -0.4 is 5.73 Å². The van der Waals surface area contributed by atoms with Crippen LogP contribution in [0.2, 0.25) is 0 Å². The molecule has 0 aliphatic rings. The maximum Gasteiger partial charge on any atom is 0.366 e. The minimum atomic E-state index is -3.17. The number of hydrogen-bond acceptors (Lipinski definition) is 5. The Balaban J connectivity index is 3.52. The number of pyridine rings is 1. The van der Waals surface area contributed by atoms with Crippen molar-refractivity contribution in [1.29, 1.82) is 0 Å². The fourth-order valence-corrected chi connectivity index (χ4v) is 1.06. The van der Waals surface area contributed by atoms with Crippen molar-refractivity contribution in [2.24, 2.45) is 0 Å². The molecule has 0 amide bonds. The molecule has 0 saturated heterocycles. The minimum Gasteiger partial charge on any atom is -0.478 e. The van der Waals surface area contributed by atoms with Crippen molar-refractivity contribution in [1.82, 2.24) is 4.98 Å². The third-order valence-electron chi connectivity index (χ3n) is 1.71. The average molecular weight is 233 g/mol. The number of carboxylic acids is 1. The van der Waals surface area contributed by atoms with E-state index in [4.69, 9.17) is 10.8 Å². The van der Waals surface area contributed by atoms with Crippen molar-refractivity contribution < 1.29 is 23.6 Å². The lowest BCUT2D eigenvalue weighted by molar-refractivity contribution is -0.389. The van der Waals surface area contributed by atoms with Crippen molar-refractivity contribution >= 4 is 17.6 Å². The first kappa shape index (κ1) is 11.8. The summed E-state index contributed by atoms with van der Waals surface area (Å²) in [4.78, 5) is 23.0. The third-order valence-corrected chi connectivity index (χ3v) is 1.71. The maximum atomic E-state index is 12.4. The molecule has 0 unspecified atom stereocenters. The molecule has 16 heavy (non-hydrogen) atoms. The molecular weight excluding hydrogens is 228 g/mol. The third kappa shape index (κ3) is 2.02. The molecule has 7 nitrogen and oxygen atoms in total. The smallest absolute Gasteiger partial charge is 0.366 e. The molecule has 0 aromatic carbocycles. The van der Waals surface area contributed by atoms with Gasteiger partial charge in [-0.25, -0.2) is 13.6 Å². The monoisotopic (exact) mass is 233 g/mol. The van der Waals surface area contributed by atoms with Crippen LogP contribution >= 0.6 is 0 Å². The number of carboxylic acid groups (broad SMARTS) is 1. The van der Waals surface area contributed by atoms with Gasteiger partial charge >= 0.3 is 11.8 Å². The van der Waals surface area contributed by atoms with Crippen LogP contribution in [0, 0.1) is 10.1 Å². The fourth-order valence-electron chi connectivity index (χ4n) is 1.06. The molecule has 1 rings (SSSR count). The summed E-state index contributed by atoms with van der Waals surface area (Å²) in [6.07, 6.45) is -3.17. The highest BCUT2D eigenvalue weighted by molar-refractivity contribution is 5.91. The second-order valence-electron chi connectivity index (χ2n) is 2.69. The number of halogens is 2. The Morgan fingerprint density at radius 2 is 2.19 bits per heavy atom. The van der Waals surface area contributed by atoms with Gasteiger partial charge in [0, 0.05) is 0 Å². The molecule has 0 aliphatic heterocycles. The van der Waals surface area contributed by atoms with E-state index in [9.17, 15) is 23.7 Å². The number of nitrogen functional groups attached to an aromatic ring is 1. The lowest BCUT2D eigenvalue weighted by Gasteiger charge is -2.04. The highest BCUT2D eigenvalue weighted by Gasteiger charge is 2.28. The fraction of sp³-hybridized carbons (Fsp3) is 0.143. The van der Waals surface area contributed by atoms with E-state index >= 15 is 0 Å². The molecule has 0 radical (unpaired) electrons. The second-order valence-corrected chi connectivity index (χ2v) is 2.69. The Hall–Kier alpha value is -2.32. The molecule has 86 valence electrons. The van der Waals surface area contributed by atoms with Crippen LogP contribution in [0.5, 0.6) is 0 Å². The van der Waals surface area contributed by atoms with E-state index in [2.05, 4.69) is 4.98 Å². The average Bonchev–Trinajstić information content (AvgIpc) is 2.15. The zero-order valence-electron chi connectivity index (χ0n) is 7.55. The van der Waals surface area contributed by atoms with Crippen molar-refractivity contribution in [2.75, 3.05) is 5.73 Å². The van der Waals surface area contributed by atoms with E-state index in [1.807, 2.05) is 0 Å². The molecule has 0 spiro atoms. The number of aromatic nitrogens is 1. The number of anilines is 1. The Kier molecular flexibility index (Phi) is 2.97. The van der Waals surface area contributed by atoms with Crippen molar-refractivity contribution in [3.05, 3.63) is 27.3 Å². The van der Waals surface area contributed by atoms with E-state index < -0.39 is 40.1 Å². The zero-order valence-corrected chi connectivity index (χ0v) is 7.55. The normalized spacial score (nSPS) is 10.4. The van der Waals surface area contributed by atoms with Gasteiger partial charge in [0.25, 0.3) is 6.43 Å². The van der Waals surface area contributed by atoms with Gasteiger partial charge in [-0.3, -0.25) is 0 Å². The van der Waals surface area contributed by atoms with E-state index in [1.54, 1.807) is 0 Å². The first-order valence-corrected chi connectivity index (χ1v) is 3.80. The summed E-state index contributed by atoms with van der Waals surface area (Å²) in [6, 6.07) is 0.445. The van der Waals surface area contributed by atoms with E-state index in [-0.39, 0.29) is 0 Å². The topological polar surface area (TPSA) is 119 Å². The Morgan fingerprint density at radius 3 is 2.56 bits per heavy atom. The van der Waals surface area contributed by atoms with Gasteiger partial charge in [-0.2, -0.15) is 0 Å². The summed E-state index contributed by atoms with van der Waals surface area (Å²) in [5.41, 5.74) is 3.10. The minimum absolute atomic E-state index is 0.445. The predicted molar refractivity (Wildman–Crippen MR) is 47.2 cm³/mol. The van der Waals surface area contributed by atoms with Crippen LogP contribution in [0.25, 0.3) is 0 Å². The summed E-state index contributed by atoms with van der Waals surface area (Å²) in [5, 5.41) is 18.9. The number of rotatable bonds is 3. The van der Waals surface area contributed by atoms with Gasteiger partial charge in [0.05, 0.1) is 11.6 Å². The lowest BCUT2D eigenvalue weighted by atomic mass is 10.1. The van der Waals surface area contributed by atoms with Gasteiger partial charge in [-0.1, -0.05) is 0 Å². The lowest BCUT2D eigenvalue weighted by Crippen LogP contribution is -2.10. The van der Waals surface area contributed by atoms with Crippen LogP contribution in [-0.2, 0) is 0 Å². The molecule has 0 bridgehead atoms. The number of hydrogen-bond donors (Lipinski definition) is 2. The number of aromatic carboxylic acids is 1. The standard InChI is InChI=1S/C7H5F2N3O4/c8-5(9)4-2(7(13)14)1-3(12(15)16)11-6(4)10/h1,5H,(H2,10,11)(H,13,14). The highest BCUT2D eigenvalue weighted by atomic mass is 19.3. The van der Waals surface area contributed by atoms with E-state index in [0.717, 1.165) is 0 Å². The maximum absolute atomic E-state index is 12.4. The second kappa shape index (κ2) is 4.04. The summed E-state index contributed by atoms with van der Waals surface area (Å²) in [7, 11) is 0. The largest absolute Gasteiger partial charge is 0.478 e. The highest BCUT2D eigenvalue weighted by Crippen LogP contribution is 2.29. The quantitative estimate of drug-likeness (QED) is 0.598. The van der Waals surface area contributed by atoms with Gasteiger partial charge in [0.1, 0.15) is 5.56 Å². The number of nitro groups is 1. The number of nitrogens with two attached hydrogens (primary N) is 1. The van der Waals surface area contributed by atoms with Gasteiger partial charge in [-0.05, 0) is 9.91 Å².